The Morgan fingerprint density at radius 3 is 2.05 bits per heavy atom. The van der Waals surface area contributed by atoms with E-state index in [4.69, 9.17) is 23.2 Å². The second-order valence-corrected chi connectivity index (χ2v) is 5.23. The van der Waals surface area contributed by atoms with Gasteiger partial charge in [-0.3, -0.25) is 14.6 Å². The normalized spacial score (nSPS) is 13.8. The molecule has 0 saturated carbocycles. The number of rotatable bonds is 1. The molecule has 6 heteroatoms. The van der Waals surface area contributed by atoms with Gasteiger partial charge in [0.05, 0.1) is 26.9 Å². The zero-order valence-electron chi connectivity index (χ0n) is 10.4. The van der Waals surface area contributed by atoms with Crippen molar-refractivity contribution in [3.63, 3.8) is 0 Å². The molecule has 0 radical (unpaired) electrons. The number of pyridine rings is 1. The molecule has 2 heterocycles. The molecule has 2 aromatic rings. The van der Waals surface area contributed by atoms with Gasteiger partial charge in [0.1, 0.15) is 0 Å². The van der Waals surface area contributed by atoms with Crippen molar-refractivity contribution in [2.24, 2.45) is 0 Å². The van der Waals surface area contributed by atoms with Crippen molar-refractivity contribution in [1.29, 1.82) is 0 Å². The van der Waals surface area contributed by atoms with E-state index in [1.807, 2.05) is 0 Å². The Balaban J connectivity index is 2.14. The van der Waals surface area contributed by atoms with E-state index in [2.05, 4.69) is 4.98 Å². The monoisotopic (exact) mass is 306 g/mol. The van der Waals surface area contributed by atoms with Crippen LogP contribution in [0.1, 0.15) is 26.4 Å². The first-order chi connectivity index (χ1) is 9.49. The van der Waals surface area contributed by atoms with Crippen LogP contribution in [0.15, 0.2) is 30.5 Å². The lowest BCUT2D eigenvalue weighted by atomic mass is 10.1. The molecule has 0 unspecified atom stereocenters. The van der Waals surface area contributed by atoms with Crippen molar-refractivity contribution in [3.8, 4) is 0 Å². The third kappa shape index (κ3) is 1.88. The molecule has 20 heavy (non-hydrogen) atoms. The number of hydrogen-bond acceptors (Lipinski definition) is 3. The minimum absolute atomic E-state index is 0.249. The van der Waals surface area contributed by atoms with Gasteiger partial charge in [-0.05, 0) is 31.2 Å². The van der Waals surface area contributed by atoms with Crippen molar-refractivity contribution in [2.45, 2.75) is 6.92 Å². The smallest absolute Gasteiger partial charge is 0.266 e. The van der Waals surface area contributed by atoms with Crippen LogP contribution in [-0.4, -0.2) is 16.8 Å². The van der Waals surface area contributed by atoms with E-state index in [9.17, 15) is 9.59 Å². The third-order valence-electron chi connectivity index (χ3n) is 3.07. The molecule has 1 aliphatic heterocycles. The highest BCUT2D eigenvalue weighted by atomic mass is 35.5. The van der Waals surface area contributed by atoms with Crippen LogP contribution >= 0.6 is 23.2 Å². The number of aryl methyl sites for hydroxylation is 1. The van der Waals surface area contributed by atoms with Crippen LogP contribution in [0.2, 0.25) is 10.0 Å². The summed E-state index contributed by atoms with van der Waals surface area (Å²) in [6.07, 6.45) is 1.55. The average molecular weight is 307 g/mol. The molecule has 3 rings (SSSR count). The molecule has 0 spiro atoms. The topological polar surface area (TPSA) is 50.3 Å². The zero-order valence-corrected chi connectivity index (χ0v) is 11.9. The first-order valence-electron chi connectivity index (χ1n) is 5.79. The molecule has 1 aromatic carbocycles. The molecular weight excluding hydrogens is 299 g/mol. The Labute approximate surface area is 124 Å². The van der Waals surface area contributed by atoms with Gasteiger partial charge in [0, 0.05) is 11.9 Å². The predicted molar refractivity (Wildman–Crippen MR) is 76.6 cm³/mol. The Bertz CT molecular complexity index is 718. The maximum atomic E-state index is 12.4. The highest BCUT2D eigenvalue weighted by molar-refractivity contribution is 6.44. The molecule has 0 fully saturated rings. The summed E-state index contributed by atoms with van der Waals surface area (Å²) in [6.45, 7) is 1.79. The maximum Gasteiger partial charge on any atom is 0.266 e. The van der Waals surface area contributed by atoms with Crippen LogP contribution < -0.4 is 4.90 Å². The van der Waals surface area contributed by atoms with Crippen molar-refractivity contribution in [2.75, 3.05) is 4.90 Å². The fraction of sp³-hybridized carbons (Fsp3) is 0.0714. The maximum absolute atomic E-state index is 12.4. The molecule has 4 nitrogen and oxygen atoms in total. The molecular formula is C14H8Cl2N2O2. The Hall–Kier alpha value is -1.91. The Morgan fingerprint density at radius 1 is 1.00 bits per heavy atom. The lowest BCUT2D eigenvalue weighted by Gasteiger charge is -2.13. The summed E-state index contributed by atoms with van der Waals surface area (Å²) in [5, 5.41) is 0.499. The number of halogens is 2. The summed E-state index contributed by atoms with van der Waals surface area (Å²) < 4.78 is 0. The van der Waals surface area contributed by atoms with Crippen LogP contribution in [0, 0.1) is 6.92 Å². The van der Waals surface area contributed by atoms with Crippen molar-refractivity contribution in [1.82, 2.24) is 4.98 Å². The van der Waals surface area contributed by atoms with Crippen LogP contribution in [0.5, 0.6) is 0 Å². The van der Waals surface area contributed by atoms with E-state index >= 15 is 0 Å². The summed E-state index contributed by atoms with van der Waals surface area (Å²) in [4.78, 5) is 29.9. The second-order valence-electron chi connectivity index (χ2n) is 4.41. The number of carbonyl (C=O) groups excluding carboxylic acids is 2. The summed E-state index contributed by atoms with van der Waals surface area (Å²) >= 11 is 11.8. The highest BCUT2D eigenvalue weighted by Crippen LogP contribution is 2.33. The lowest BCUT2D eigenvalue weighted by molar-refractivity contribution is 0.0926. The molecule has 1 aliphatic rings. The number of hydrogen-bond donors (Lipinski definition) is 0. The quantitative estimate of drug-likeness (QED) is 0.758. The molecule has 100 valence electrons. The number of amides is 2. The van der Waals surface area contributed by atoms with Crippen LogP contribution in [0.25, 0.3) is 0 Å². The molecule has 1 aromatic heterocycles. The fourth-order valence-electron chi connectivity index (χ4n) is 2.14. The van der Waals surface area contributed by atoms with E-state index in [-0.39, 0.29) is 21.2 Å². The summed E-state index contributed by atoms with van der Waals surface area (Å²) in [5.41, 5.74) is 1.73. The first-order valence-corrected chi connectivity index (χ1v) is 6.55. The molecule has 2 amide bonds. The van der Waals surface area contributed by atoms with E-state index in [0.29, 0.717) is 5.69 Å². The van der Waals surface area contributed by atoms with Gasteiger partial charge < -0.3 is 0 Å². The number of benzene rings is 1. The van der Waals surface area contributed by atoms with Crippen LogP contribution in [0.4, 0.5) is 5.69 Å². The third-order valence-corrected chi connectivity index (χ3v) is 3.79. The Morgan fingerprint density at radius 2 is 1.55 bits per heavy atom. The van der Waals surface area contributed by atoms with Crippen LogP contribution in [0.3, 0.4) is 0 Å². The minimum atomic E-state index is -0.408. The van der Waals surface area contributed by atoms with Gasteiger partial charge in [0.15, 0.2) is 0 Å². The van der Waals surface area contributed by atoms with Gasteiger partial charge in [0.25, 0.3) is 11.8 Å². The summed E-state index contributed by atoms with van der Waals surface area (Å²) in [6, 6.07) is 6.13. The number of aromatic nitrogens is 1. The molecule has 0 atom stereocenters. The summed E-state index contributed by atoms with van der Waals surface area (Å²) in [7, 11) is 0. The average Bonchev–Trinajstić information content (AvgIpc) is 2.63. The van der Waals surface area contributed by atoms with Gasteiger partial charge in [-0.1, -0.05) is 23.2 Å². The predicted octanol–water partition coefficient (Wildman–Crippen LogP) is 3.50. The minimum Gasteiger partial charge on any atom is -0.268 e. The Kier molecular flexibility index (Phi) is 3.00. The van der Waals surface area contributed by atoms with E-state index in [1.54, 1.807) is 25.3 Å². The van der Waals surface area contributed by atoms with E-state index in [1.165, 1.54) is 12.1 Å². The van der Waals surface area contributed by atoms with Gasteiger partial charge in [-0.15, -0.1) is 0 Å². The van der Waals surface area contributed by atoms with Crippen molar-refractivity contribution in [3.05, 3.63) is 57.3 Å². The molecule has 0 bridgehead atoms. The van der Waals surface area contributed by atoms with Crippen molar-refractivity contribution >= 4 is 40.7 Å². The second kappa shape index (κ2) is 4.58. The van der Waals surface area contributed by atoms with Crippen molar-refractivity contribution < 1.29 is 9.59 Å². The highest BCUT2D eigenvalue weighted by Gasteiger charge is 2.37. The van der Waals surface area contributed by atoms with E-state index < -0.39 is 11.8 Å². The van der Waals surface area contributed by atoms with Crippen LogP contribution in [-0.2, 0) is 0 Å². The standard InChI is InChI=1S/C14H8Cl2N2O2/c1-7-4-8(2-3-17-7)18-13(19)9-5-11(15)12(16)6-10(9)14(18)20/h2-6H,1H3. The van der Waals surface area contributed by atoms with Gasteiger partial charge >= 0.3 is 0 Å². The fourth-order valence-corrected chi connectivity index (χ4v) is 2.47. The number of carbonyl (C=O) groups is 2. The zero-order chi connectivity index (χ0) is 14.4. The number of nitrogens with zero attached hydrogens (tertiary/aromatic N) is 2. The molecule has 0 saturated heterocycles. The largest absolute Gasteiger partial charge is 0.268 e. The first kappa shape index (κ1) is 13.1. The van der Waals surface area contributed by atoms with Gasteiger partial charge in [-0.25, -0.2) is 4.90 Å². The van der Waals surface area contributed by atoms with Gasteiger partial charge in [0.2, 0.25) is 0 Å². The number of fused-ring (bicyclic) bond motifs is 1. The van der Waals surface area contributed by atoms with Gasteiger partial charge in [-0.2, -0.15) is 0 Å². The SMILES string of the molecule is Cc1cc(N2C(=O)c3cc(Cl)c(Cl)cc3C2=O)ccn1. The lowest BCUT2D eigenvalue weighted by Crippen LogP contribution is -2.29. The summed E-state index contributed by atoms with van der Waals surface area (Å²) in [5.74, 6) is -0.816. The van der Waals surface area contributed by atoms with E-state index in [0.717, 1.165) is 10.6 Å². The molecule has 0 N–H and O–H groups in total. The number of imide groups is 1. The molecule has 0 aliphatic carbocycles. The number of anilines is 1.